The maximum absolute atomic E-state index is 6.10. The molecule has 2 aliphatic carbocycles. The molecule has 2 nitrogen and oxygen atoms in total. The van der Waals surface area contributed by atoms with E-state index in [1.165, 1.54) is 39.0 Å². The van der Waals surface area contributed by atoms with Crippen LogP contribution in [0.1, 0.15) is 22.3 Å². The van der Waals surface area contributed by atoms with Gasteiger partial charge in [-0.3, -0.25) is 0 Å². The summed E-state index contributed by atoms with van der Waals surface area (Å²) in [6.07, 6.45) is 4.07. The molecule has 2 heteroatoms. The number of hydrogen-bond donors (Lipinski definition) is 0. The van der Waals surface area contributed by atoms with Gasteiger partial charge in [0.05, 0.1) is 5.41 Å². The third-order valence-electron chi connectivity index (χ3n) is 10.8. The van der Waals surface area contributed by atoms with E-state index in [9.17, 15) is 0 Å². The van der Waals surface area contributed by atoms with Gasteiger partial charge in [-0.2, -0.15) is 0 Å². The van der Waals surface area contributed by atoms with Crippen LogP contribution in [0.5, 0.6) is 0 Å². The largest absolute Gasteiger partial charge is 0.456 e. The summed E-state index contributed by atoms with van der Waals surface area (Å²) in [5.74, 6) is 0. The number of rotatable bonds is 5. The molecule has 51 heavy (non-hydrogen) atoms. The molecule has 0 radical (unpaired) electrons. The molecule has 1 aromatic heterocycles. The Morgan fingerprint density at radius 3 is 1.90 bits per heavy atom. The van der Waals surface area contributed by atoms with Gasteiger partial charge in [0.1, 0.15) is 11.2 Å². The van der Waals surface area contributed by atoms with Crippen LogP contribution in [0.15, 0.2) is 199 Å². The Labute approximate surface area is 297 Å². The highest BCUT2D eigenvalue weighted by Crippen LogP contribution is 2.64. The fraction of sp³-hybridized carbons (Fsp3) is 0.0204. The molecule has 1 heterocycles. The van der Waals surface area contributed by atoms with E-state index < -0.39 is 5.41 Å². The number of fused-ring (bicyclic) bond motifs is 10. The molecule has 8 aromatic rings. The summed E-state index contributed by atoms with van der Waals surface area (Å²) >= 11 is 0. The van der Waals surface area contributed by atoms with Gasteiger partial charge >= 0.3 is 0 Å². The van der Waals surface area contributed by atoms with Crippen molar-refractivity contribution >= 4 is 44.6 Å². The number of nitrogens with zero attached hydrogens (tertiary/aromatic N) is 1. The Balaban J connectivity index is 1.14. The molecule has 1 atom stereocenters. The van der Waals surface area contributed by atoms with Gasteiger partial charge in [0.25, 0.3) is 0 Å². The first kappa shape index (κ1) is 29.3. The molecule has 1 spiro atoms. The highest BCUT2D eigenvalue weighted by Gasteiger charge is 2.52. The zero-order chi connectivity index (χ0) is 34.1. The van der Waals surface area contributed by atoms with E-state index in [2.05, 4.69) is 176 Å². The second-order valence-electron chi connectivity index (χ2n) is 13.4. The minimum absolute atomic E-state index is 0.494. The first-order chi connectivity index (χ1) is 25.2. The summed E-state index contributed by atoms with van der Waals surface area (Å²) in [5.41, 5.74) is 16.7. The van der Waals surface area contributed by atoms with Crippen LogP contribution in [0.2, 0.25) is 0 Å². The van der Waals surface area contributed by atoms with Crippen LogP contribution in [0.25, 0.3) is 49.8 Å². The average Bonchev–Trinajstić information content (AvgIpc) is 3.79. The van der Waals surface area contributed by atoms with Crippen molar-refractivity contribution in [1.29, 1.82) is 0 Å². The monoisotopic (exact) mass is 651 g/mol. The summed E-state index contributed by atoms with van der Waals surface area (Å²) < 4.78 is 6.10. The van der Waals surface area contributed by atoms with E-state index >= 15 is 0 Å². The van der Waals surface area contributed by atoms with Crippen molar-refractivity contribution in [1.82, 2.24) is 0 Å². The van der Waals surface area contributed by atoms with E-state index in [-0.39, 0.29) is 0 Å². The molecule has 0 bridgehead atoms. The SMILES string of the molecule is C=C/C=C1\C(=C)c2ccccc2C12c1ccccc1-c1ccc(N(c3ccccc3)c3ccc(-c4ccc5oc6ccccc6c5c4)cc3)cc12. The molecule has 2 aliphatic rings. The van der Waals surface area contributed by atoms with Crippen LogP contribution >= 0.6 is 0 Å². The van der Waals surface area contributed by atoms with Gasteiger partial charge in [-0.1, -0.05) is 135 Å². The van der Waals surface area contributed by atoms with Crippen LogP contribution in [0, 0.1) is 0 Å². The summed E-state index contributed by atoms with van der Waals surface area (Å²) in [7, 11) is 0. The molecule has 0 fully saturated rings. The van der Waals surface area contributed by atoms with Crippen LogP contribution in [0.4, 0.5) is 17.1 Å². The predicted molar refractivity (Wildman–Crippen MR) is 213 cm³/mol. The van der Waals surface area contributed by atoms with Gasteiger partial charge in [0, 0.05) is 27.8 Å². The first-order valence-corrected chi connectivity index (χ1v) is 17.4. The normalized spacial score (nSPS) is 16.5. The number of furan rings is 1. The Hall–Kier alpha value is -6.64. The van der Waals surface area contributed by atoms with E-state index in [1.807, 2.05) is 18.2 Å². The lowest BCUT2D eigenvalue weighted by Gasteiger charge is -2.32. The standard InChI is InChI=1S/C49H33NO/c1-3-13-43-32(2)38-16-7-10-19-44(38)49(43)45-20-11-8-17-39(45)40-28-27-37(31-46(40)49)50(35-14-5-4-6-15-35)36-25-22-33(23-26-36)34-24-29-48-42(30-34)41-18-9-12-21-47(41)51-48/h3-31H,1-2H2/b43-13+. The Bertz CT molecular complexity index is 2730. The number of benzene rings is 7. The Morgan fingerprint density at radius 2 is 1.10 bits per heavy atom. The van der Waals surface area contributed by atoms with E-state index in [0.717, 1.165) is 55.7 Å². The summed E-state index contributed by atoms with van der Waals surface area (Å²) in [5, 5.41) is 2.27. The fourth-order valence-electron chi connectivity index (χ4n) is 8.65. The second kappa shape index (κ2) is 11.2. The van der Waals surface area contributed by atoms with Crippen LogP contribution in [0.3, 0.4) is 0 Å². The third-order valence-corrected chi connectivity index (χ3v) is 10.8. The van der Waals surface area contributed by atoms with Gasteiger partial charge in [-0.05, 0) is 110 Å². The van der Waals surface area contributed by atoms with E-state index in [0.29, 0.717) is 0 Å². The lowest BCUT2D eigenvalue weighted by atomic mass is 9.70. The second-order valence-corrected chi connectivity index (χ2v) is 13.4. The van der Waals surface area contributed by atoms with Crippen molar-refractivity contribution in [3.8, 4) is 22.3 Å². The van der Waals surface area contributed by atoms with E-state index in [4.69, 9.17) is 4.42 Å². The molecular weight excluding hydrogens is 619 g/mol. The Kier molecular flexibility index (Phi) is 6.43. The van der Waals surface area contributed by atoms with Crippen molar-refractivity contribution < 1.29 is 4.42 Å². The van der Waals surface area contributed by atoms with Crippen LogP contribution < -0.4 is 4.90 Å². The van der Waals surface area contributed by atoms with Crippen LogP contribution in [-0.4, -0.2) is 0 Å². The topological polar surface area (TPSA) is 16.4 Å². The van der Waals surface area contributed by atoms with Gasteiger partial charge in [0.15, 0.2) is 0 Å². The molecule has 10 rings (SSSR count). The minimum Gasteiger partial charge on any atom is -0.456 e. The molecule has 0 saturated carbocycles. The highest BCUT2D eigenvalue weighted by atomic mass is 16.3. The summed E-state index contributed by atoms with van der Waals surface area (Å²) in [4.78, 5) is 2.36. The smallest absolute Gasteiger partial charge is 0.135 e. The molecule has 240 valence electrons. The van der Waals surface area contributed by atoms with Crippen molar-refractivity contribution in [2.45, 2.75) is 5.41 Å². The van der Waals surface area contributed by atoms with Gasteiger partial charge in [-0.15, -0.1) is 0 Å². The highest BCUT2D eigenvalue weighted by molar-refractivity contribution is 6.06. The molecule has 1 unspecified atom stereocenters. The van der Waals surface area contributed by atoms with Gasteiger partial charge in [0.2, 0.25) is 0 Å². The quantitative estimate of drug-likeness (QED) is 0.184. The van der Waals surface area contributed by atoms with Crippen molar-refractivity contribution in [2.24, 2.45) is 0 Å². The number of para-hydroxylation sites is 2. The maximum atomic E-state index is 6.10. The Morgan fingerprint density at radius 1 is 0.490 bits per heavy atom. The van der Waals surface area contributed by atoms with Crippen molar-refractivity contribution in [2.75, 3.05) is 4.90 Å². The maximum Gasteiger partial charge on any atom is 0.135 e. The van der Waals surface area contributed by atoms with Gasteiger partial charge < -0.3 is 9.32 Å². The molecule has 0 aliphatic heterocycles. The summed E-state index contributed by atoms with van der Waals surface area (Å²) in [6.45, 7) is 8.78. The minimum atomic E-state index is -0.494. The molecule has 0 saturated heterocycles. The first-order valence-electron chi connectivity index (χ1n) is 17.4. The number of allylic oxidation sites excluding steroid dienone is 4. The van der Waals surface area contributed by atoms with Crippen molar-refractivity contribution in [3.05, 3.63) is 217 Å². The average molecular weight is 652 g/mol. The number of anilines is 3. The molecule has 0 N–H and O–H groups in total. The van der Waals surface area contributed by atoms with Gasteiger partial charge in [-0.25, -0.2) is 0 Å². The lowest BCUT2D eigenvalue weighted by Crippen LogP contribution is -2.26. The lowest BCUT2D eigenvalue weighted by molar-refractivity contribution is 0.669. The predicted octanol–water partition coefficient (Wildman–Crippen LogP) is 13.2. The third kappa shape index (κ3) is 4.17. The zero-order valence-electron chi connectivity index (χ0n) is 28.0. The van der Waals surface area contributed by atoms with Crippen LogP contribution in [-0.2, 0) is 5.41 Å². The van der Waals surface area contributed by atoms with E-state index in [1.54, 1.807) is 0 Å². The molecular formula is C49H33NO. The summed E-state index contributed by atoms with van der Waals surface area (Å²) in [6, 6.07) is 58.8. The molecule has 7 aromatic carbocycles. The van der Waals surface area contributed by atoms with Crippen molar-refractivity contribution in [3.63, 3.8) is 0 Å². The fourth-order valence-corrected chi connectivity index (χ4v) is 8.65. The zero-order valence-corrected chi connectivity index (χ0v) is 28.0. The molecule has 0 amide bonds. The number of hydrogen-bond acceptors (Lipinski definition) is 2.